The van der Waals surface area contributed by atoms with Crippen molar-refractivity contribution < 1.29 is 23.1 Å². The molecule has 4 rings (SSSR count). The minimum Gasteiger partial charge on any atom is -0.433 e. The molecule has 2 aromatic heterocycles. The molecule has 144 valence electrons. The number of hydrogen-bond acceptors (Lipinski definition) is 4. The number of para-hydroxylation sites is 2. The van der Waals surface area contributed by atoms with Gasteiger partial charge in [-0.1, -0.05) is 12.1 Å². The Bertz CT molecular complexity index is 1080. The van der Waals surface area contributed by atoms with Gasteiger partial charge in [0.25, 0.3) is 11.8 Å². The van der Waals surface area contributed by atoms with E-state index in [4.69, 9.17) is 0 Å². The summed E-state index contributed by atoms with van der Waals surface area (Å²) < 4.78 is 31.3. The molecule has 2 amide bonds. The molecule has 3 aromatic rings. The van der Waals surface area contributed by atoms with Crippen molar-refractivity contribution in [2.24, 2.45) is 0 Å². The van der Waals surface area contributed by atoms with Gasteiger partial charge in [-0.05, 0) is 37.3 Å². The van der Waals surface area contributed by atoms with Crippen molar-refractivity contribution in [1.82, 2.24) is 14.9 Å². The summed E-state index contributed by atoms with van der Waals surface area (Å²) in [6.45, 7) is -0.603. The number of pyridine rings is 1. The Morgan fingerprint density at radius 2 is 2.11 bits per heavy atom. The second-order valence-electron chi connectivity index (χ2n) is 6.40. The quantitative estimate of drug-likeness (QED) is 0.721. The van der Waals surface area contributed by atoms with Crippen LogP contribution in [0.3, 0.4) is 0 Å². The highest BCUT2D eigenvalue weighted by Crippen LogP contribution is 2.28. The number of anilines is 1. The summed E-state index contributed by atoms with van der Waals surface area (Å²) in [7, 11) is 0. The molecule has 0 saturated heterocycles. The molecule has 0 saturated carbocycles. The molecular weight excluding hydrogens is 370 g/mol. The molecule has 1 aliphatic heterocycles. The Labute approximate surface area is 158 Å². The minimum atomic E-state index is -3.01. The molecule has 2 N–H and O–H groups in total. The first-order valence-corrected chi connectivity index (χ1v) is 8.59. The molecule has 0 radical (unpaired) electrons. The number of fused-ring (bicyclic) bond motifs is 3. The van der Waals surface area contributed by atoms with E-state index in [1.807, 2.05) is 6.92 Å². The predicted octanol–water partition coefficient (Wildman–Crippen LogP) is 3.19. The van der Waals surface area contributed by atoms with Crippen molar-refractivity contribution in [2.45, 2.75) is 19.6 Å². The van der Waals surface area contributed by atoms with Gasteiger partial charge in [0.15, 0.2) is 0 Å². The van der Waals surface area contributed by atoms with Crippen LogP contribution >= 0.6 is 0 Å². The maximum Gasteiger partial charge on any atom is 0.387 e. The van der Waals surface area contributed by atoms with Crippen LogP contribution in [0.1, 0.15) is 33.9 Å². The molecule has 0 aliphatic carbocycles. The van der Waals surface area contributed by atoms with Crippen molar-refractivity contribution in [1.29, 1.82) is 0 Å². The molecule has 0 fully saturated rings. The minimum absolute atomic E-state index is 0.0174. The first-order chi connectivity index (χ1) is 13.4. The van der Waals surface area contributed by atoms with Gasteiger partial charge in [-0.3, -0.25) is 9.59 Å². The van der Waals surface area contributed by atoms with Crippen LogP contribution in [0.2, 0.25) is 0 Å². The Morgan fingerprint density at radius 3 is 2.89 bits per heavy atom. The zero-order chi connectivity index (χ0) is 19.8. The number of hydrogen-bond donors (Lipinski definition) is 2. The van der Waals surface area contributed by atoms with Crippen molar-refractivity contribution >= 4 is 28.5 Å². The first-order valence-electron chi connectivity index (χ1n) is 8.59. The second kappa shape index (κ2) is 6.91. The van der Waals surface area contributed by atoms with Gasteiger partial charge < -0.3 is 19.9 Å². The fraction of sp³-hybridized carbons (Fsp3) is 0.211. The van der Waals surface area contributed by atoms with Gasteiger partial charge in [-0.15, -0.1) is 0 Å². The van der Waals surface area contributed by atoms with E-state index in [2.05, 4.69) is 20.4 Å². The smallest absolute Gasteiger partial charge is 0.387 e. The highest BCUT2D eigenvalue weighted by molar-refractivity contribution is 6.05. The van der Waals surface area contributed by atoms with Crippen LogP contribution in [0.4, 0.5) is 14.5 Å². The average Bonchev–Trinajstić information content (AvgIpc) is 3.06. The zero-order valence-electron chi connectivity index (χ0n) is 14.8. The molecule has 9 heteroatoms. The lowest BCUT2D eigenvalue weighted by Crippen LogP contribution is -2.37. The molecule has 28 heavy (non-hydrogen) atoms. The number of carbonyl (C=O) groups excluding carboxylic acids is 2. The third kappa shape index (κ3) is 3.15. The third-order valence-electron chi connectivity index (χ3n) is 4.50. The van der Waals surface area contributed by atoms with Crippen molar-refractivity contribution in [2.75, 3.05) is 11.9 Å². The van der Waals surface area contributed by atoms with Crippen LogP contribution in [0.15, 0.2) is 42.5 Å². The van der Waals surface area contributed by atoms with Crippen LogP contribution in [-0.4, -0.2) is 34.5 Å². The molecule has 0 bridgehead atoms. The van der Waals surface area contributed by atoms with Gasteiger partial charge in [0.05, 0.1) is 11.7 Å². The SMILES string of the molecule is C[C@@H]1CNC(=O)c2cc3ccc(C(=O)Nc4ccccc4OC(F)F)nc3n21. The van der Waals surface area contributed by atoms with E-state index < -0.39 is 12.5 Å². The third-order valence-corrected chi connectivity index (χ3v) is 4.50. The summed E-state index contributed by atoms with van der Waals surface area (Å²) in [4.78, 5) is 29.1. The highest BCUT2D eigenvalue weighted by atomic mass is 19.3. The molecule has 7 nitrogen and oxygen atoms in total. The van der Waals surface area contributed by atoms with Crippen LogP contribution < -0.4 is 15.4 Å². The monoisotopic (exact) mass is 386 g/mol. The molecule has 1 aliphatic rings. The average molecular weight is 386 g/mol. The number of halogens is 2. The van der Waals surface area contributed by atoms with Crippen molar-refractivity contribution in [3.8, 4) is 5.75 Å². The van der Waals surface area contributed by atoms with Crippen molar-refractivity contribution in [3.05, 3.63) is 53.9 Å². The number of alkyl halides is 2. The maximum absolute atomic E-state index is 12.6. The topological polar surface area (TPSA) is 85.2 Å². The summed E-state index contributed by atoms with van der Waals surface area (Å²) in [5, 5.41) is 6.07. The largest absolute Gasteiger partial charge is 0.433 e. The zero-order valence-corrected chi connectivity index (χ0v) is 14.8. The molecule has 1 aromatic carbocycles. The fourth-order valence-corrected chi connectivity index (χ4v) is 3.22. The molecule has 0 spiro atoms. The lowest BCUT2D eigenvalue weighted by atomic mass is 10.2. The van der Waals surface area contributed by atoms with Gasteiger partial charge in [0, 0.05) is 11.9 Å². The van der Waals surface area contributed by atoms with E-state index in [0.29, 0.717) is 17.9 Å². The normalized spacial score (nSPS) is 16.0. The molecular formula is C19H16F2N4O3. The number of benzene rings is 1. The Morgan fingerprint density at radius 1 is 1.32 bits per heavy atom. The highest BCUT2D eigenvalue weighted by Gasteiger charge is 2.25. The van der Waals surface area contributed by atoms with Gasteiger partial charge in [-0.2, -0.15) is 8.78 Å². The number of carbonyl (C=O) groups is 2. The Kier molecular flexibility index (Phi) is 4.42. The summed E-state index contributed by atoms with van der Waals surface area (Å²) in [5.74, 6) is -0.909. The van der Waals surface area contributed by atoms with E-state index in [1.54, 1.807) is 22.8 Å². The Balaban J connectivity index is 1.68. The predicted molar refractivity (Wildman–Crippen MR) is 97.8 cm³/mol. The van der Waals surface area contributed by atoms with Crippen molar-refractivity contribution in [3.63, 3.8) is 0 Å². The van der Waals surface area contributed by atoms with E-state index in [-0.39, 0.29) is 29.1 Å². The first kappa shape index (κ1) is 17.9. The molecule has 0 unspecified atom stereocenters. The van der Waals surface area contributed by atoms with Gasteiger partial charge in [0.2, 0.25) is 0 Å². The lowest BCUT2D eigenvalue weighted by Gasteiger charge is -2.23. The van der Waals surface area contributed by atoms with Gasteiger partial charge >= 0.3 is 6.61 Å². The number of aromatic nitrogens is 2. The number of rotatable bonds is 4. The van der Waals surface area contributed by atoms with E-state index >= 15 is 0 Å². The number of ether oxygens (including phenoxy) is 1. The molecule has 1 atom stereocenters. The van der Waals surface area contributed by atoms with E-state index in [9.17, 15) is 18.4 Å². The van der Waals surface area contributed by atoms with E-state index in [1.165, 1.54) is 24.3 Å². The number of nitrogens with one attached hydrogen (secondary N) is 2. The number of amides is 2. The summed E-state index contributed by atoms with van der Waals surface area (Å²) in [6.07, 6.45) is 0. The summed E-state index contributed by atoms with van der Waals surface area (Å²) in [5.41, 5.74) is 1.20. The Hall–Kier alpha value is -3.49. The lowest BCUT2D eigenvalue weighted by molar-refractivity contribution is -0.0493. The van der Waals surface area contributed by atoms with Crippen LogP contribution in [-0.2, 0) is 0 Å². The van der Waals surface area contributed by atoms with Gasteiger partial charge in [0.1, 0.15) is 22.8 Å². The van der Waals surface area contributed by atoms with E-state index in [0.717, 1.165) is 5.39 Å². The fourth-order valence-electron chi connectivity index (χ4n) is 3.22. The standard InChI is InChI=1S/C19H16F2N4O3/c1-10-9-22-18(27)14-8-11-6-7-13(23-16(11)25(10)14)17(26)24-12-4-2-3-5-15(12)28-19(20)21/h2-8,10,19H,9H2,1H3,(H,22,27)(H,24,26)/t10-/m1/s1. The van der Waals surface area contributed by atoms with Gasteiger partial charge in [-0.25, -0.2) is 4.98 Å². The molecule has 3 heterocycles. The van der Waals surface area contributed by atoms with Crippen LogP contribution in [0, 0.1) is 0 Å². The van der Waals surface area contributed by atoms with Crippen LogP contribution in [0.5, 0.6) is 5.75 Å². The van der Waals surface area contributed by atoms with Crippen LogP contribution in [0.25, 0.3) is 11.0 Å². The maximum atomic E-state index is 12.6. The number of nitrogens with zero attached hydrogens (tertiary/aromatic N) is 2. The second-order valence-corrected chi connectivity index (χ2v) is 6.40. The summed E-state index contributed by atoms with van der Waals surface area (Å²) >= 11 is 0. The summed E-state index contributed by atoms with van der Waals surface area (Å²) in [6, 6.07) is 10.8.